The van der Waals surface area contributed by atoms with E-state index in [1.807, 2.05) is 26.0 Å². The lowest BCUT2D eigenvalue weighted by Crippen LogP contribution is -2.17. The summed E-state index contributed by atoms with van der Waals surface area (Å²) >= 11 is 11.7. The van der Waals surface area contributed by atoms with Gasteiger partial charge in [0.2, 0.25) is 0 Å². The van der Waals surface area contributed by atoms with Gasteiger partial charge in [0.1, 0.15) is 5.84 Å². The van der Waals surface area contributed by atoms with Crippen LogP contribution in [0.1, 0.15) is 19.4 Å². The molecule has 0 atom stereocenters. The van der Waals surface area contributed by atoms with Crippen LogP contribution >= 0.6 is 35.6 Å². The minimum atomic E-state index is 0. The van der Waals surface area contributed by atoms with E-state index in [1.54, 1.807) is 18.3 Å². The summed E-state index contributed by atoms with van der Waals surface area (Å²) in [6.07, 6.45) is 3.49. The monoisotopic (exact) mass is 292 g/mol. The van der Waals surface area contributed by atoms with Gasteiger partial charge in [0.25, 0.3) is 0 Å². The first kappa shape index (κ1) is 16.3. The summed E-state index contributed by atoms with van der Waals surface area (Å²) in [4.78, 5) is 4.11. The number of aliphatic imine (C=N–C) groups is 1. The standard InChI is InChI=1S/C12H14Cl2N2.ClH/c1-8(2)12(15)16-6-5-9-3-4-10(13)11(14)7-9;/h3-8H,1-2H3,(H2,15,16);1H. The van der Waals surface area contributed by atoms with E-state index in [2.05, 4.69) is 4.99 Å². The first-order chi connectivity index (χ1) is 7.50. The average molecular weight is 294 g/mol. The Morgan fingerprint density at radius 2 is 1.94 bits per heavy atom. The second-order valence-electron chi connectivity index (χ2n) is 3.70. The number of amidine groups is 1. The van der Waals surface area contributed by atoms with E-state index in [9.17, 15) is 0 Å². The van der Waals surface area contributed by atoms with Gasteiger partial charge in [-0.05, 0) is 23.8 Å². The first-order valence-corrected chi connectivity index (χ1v) is 5.71. The Morgan fingerprint density at radius 1 is 1.29 bits per heavy atom. The third-order valence-corrected chi connectivity index (χ3v) is 2.76. The molecule has 0 aromatic heterocycles. The van der Waals surface area contributed by atoms with Crippen molar-refractivity contribution >= 4 is 47.5 Å². The number of benzene rings is 1. The number of hydrogen-bond acceptors (Lipinski definition) is 1. The molecular formula is C12H15Cl3N2. The highest BCUT2D eigenvalue weighted by molar-refractivity contribution is 6.42. The van der Waals surface area contributed by atoms with Crippen molar-refractivity contribution in [3.05, 3.63) is 40.0 Å². The average Bonchev–Trinajstić information content (AvgIpc) is 2.23. The zero-order chi connectivity index (χ0) is 12.1. The molecule has 1 rings (SSSR count). The zero-order valence-electron chi connectivity index (χ0n) is 9.65. The molecule has 0 unspecified atom stereocenters. The van der Waals surface area contributed by atoms with E-state index in [4.69, 9.17) is 28.9 Å². The van der Waals surface area contributed by atoms with Gasteiger partial charge in [-0.1, -0.05) is 43.1 Å². The van der Waals surface area contributed by atoms with Gasteiger partial charge >= 0.3 is 0 Å². The Morgan fingerprint density at radius 3 is 2.47 bits per heavy atom. The lowest BCUT2D eigenvalue weighted by Gasteiger charge is -2.00. The highest BCUT2D eigenvalue weighted by Crippen LogP contribution is 2.23. The number of nitrogens with two attached hydrogens (primary N) is 1. The van der Waals surface area contributed by atoms with E-state index < -0.39 is 0 Å². The summed E-state index contributed by atoms with van der Waals surface area (Å²) in [6, 6.07) is 5.40. The lowest BCUT2D eigenvalue weighted by molar-refractivity contribution is 0.872. The topological polar surface area (TPSA) is 38.4 Å². The Bertz CT molecular complexity index is 426. The van der Waals surface area contributed by atoms with Crippen LogP contribution in [0.5, 0.6) is 0 Å². The smallest absolute Gasteiger partial charge is 0.101 e. The van der Waals surface area contributed by atoms with Gasteiger partial charge in [-0.3, -0.25) is 0 Å². The van der Waals surface area contributed by atoms with Gasteiger partial charge in [-0.25, -0.2) is 4.99 Å². The van der Waals surface area contributed by atoms with Crippen molar-refractivity contribution in [1.29, 1.82) is 0 Å². The van der Waals surface area contributed by atoms with Crippen molar-refractivity contribution in [2.45, 2.75) is 13.8 Å². The first-order valence-electron chi connectivity index (χ1n) is 4.95. The summed E-state index contributed by atoms with van der Waals surface area (Å²) in [6.45, 7) is 3.98. The zero-order valence-corrected chi connectivity index (χ0v) is 12.0. The van der Waals surface area contributed by atoms with E-state index >= 15 is 0 Å². The summed E-state index contributed by atoms with van der Waals surface area (Å²) in [5, 5.41) is 1.08. The van der Waals surface area contributed by atoms with Crippen LogP contribution < -0.4 is 5.73 Å². The van der Waals surface area contributed by atoms with E-state index in [1.165, 1.54) is 0 Å². The summed E-state index contributed by atoms with van der Waals surface area (Å²) in [7, 11) is 0. The summed E-state index contributed by atoms with van der Waals surface area (Å²) in [5.74, 6) is 0.856. The molecule has 0 spiro atoms. The van der Waals surface area contributed by atoms with Crippen molar-refractivity contribution < 1.29 is 0 Å². The van der Waals surface area contributed by atoms with Gasteiger partial charge in [0, 0.05) is 12.1 Å². The van der Waals surface area contributed by atoms with Gasteiger partial charge in [0.05, 0.1) is 10.0 Å². The van der Waals surface area contributed by atoms with Crippen molar-refractivity contribution in [2.75, 3.05) is 0 Å². The Kier molecular flexibility index (Phi) is 7.28. The number of nitrogens with zero attached hydrogens (tertiary/aromatic N) is 1. The van der Waals surface area contributed by atoms with Crippen LogP contribution in [0.25, 0.3) is 6.08 Å². The maximum atomic E-state index is 5.88. The molecule has 0 saturated heterocycles. The molecule has 0 aliphatic heterocycles. The maximum absolute atomic E-state index is 5.88. The molecule has 0 amide bonds. The van der Waals surface area contributed by atoms with Gasteiger partial charge < -0.3 is 5.73 Å². The molecule has 0 heterocycles. The predicted molar refractivity (Wildman–Crippen MR) is 79.2 cm³/mol. The molecule has 0 fully saturated rings. The quantitative estimate of drug-likeness (QED) is 0.651. The largest absolute Gasteiger partial charge is 0.387 e. The van der Waals surface area contributed by atoms with Gasteiger partial charge in [-0.2, -0.15) is 0 Å². The number of halogens is 3. The van der Waals surface area contributed by atoms with E-state index in [-0.39, 0.29) is 18.3 Å². The molecule has 0 saturated carbocycles. The Labute approximate surface area is 118 Å². The second kappa shape index (κ2) is 7.59. The van der Waals surface area contributed by atoms with Crippen LogP contribution in [0, 0.1) is 5.92 Å². The molecule has 1 aromatic carbocycles. The Hall–Kier alpha value is -0.700. The van der Waals surface area contributed by atoms with Crippen LogP contribution in [0.3, 0.4) is 0 Å². The lowest BCUT2D eigenvalue weighted by atomic mass is 10.2. The number of rotatable bonds is 3. The van der Waals surface area contributed by atoms with Crippen LogP contribution in [0.15, 0.2) is 29.4 Å². The van der Waals surface area contributed by atoms with E-state index in [0.717, 1.165) is 5.56 Å². The van der Waals surface area contributed by atoms with Crippen molar-refractivity contribution in [2.24, 2.45) is 16.6 Å². The molecule has 94 valence electrons. The molecule has 2 nitrogen and oxygen atoms in total. The fourth-order valence-corrected chi connectivity index (χ4v) is 1.28. The Balaban J connectivity index is 0.00000256. The molecule has 1 aromatic rings. The molecule has 0 aliphatic rings. The van der Waals surface area contributed by atoms with Crippen molar-refractivity contribution in [3.63, 3.8) is 0 Å². The maximum Gasteiger partial charge on any atom is 0.101 e. The number of hydrogen-bond donors (Lipinski definition) is 1. The molecule has 2 N–H and O–H groups in total. The highest BCUT2D eigenvalue weighted by atomic mass is 35.5. The van der Waals surface area contributed by atoms with Crippen molar-refractivity contribution in [1.82, 2.24) is 0 Å². The molecule has 0 radical (unpaired) electrons. The molecule has 17 heavy (non-hydrogen) atoms. The van der Waals surface area contributed by atoms with Crippen LogP contribution in [-0.2, 0) is 0 Å². The molecule has 0 aliphatic carbocycles. The third-order valence-electron chi connectivity index (χ3n) is 2.03. The summed E-state index contributed by atoms with van der Waals surface area (Å²) < 4.78 is 0. The minimum Gasteiger partial charge on any atom is -0.387 e. The molecule has 0 bridgehead atoms. The fourth-order valence-electron chi connectivity index (χ4n) is 0.975. The van der Waals surface area contributed by atoms with Gasteiger partial charge in [-0.15, -0.1) is 12.4 Å². The minimum absolute atomic E-state index is 0. The molecular weight excluding hydrogens is 279 g/mol. The van der Waals surface area contributed by atoms with Crippen LogP contribution in [-0.4, -0.2) is 5.84 Å². The summed E-state index contributed by atoms with van der Waals surface area (Å²) in [5.41, 5.74) is 6.63. The molecule has 5 heteroatoms. The van der Waals surface area contributed by atoms with Crippen LogP contribution in [0.2, 0.25) is 10.0 Å². The SMILES string of the molecule is CC(C)C(N)=NC=Cc1ccc(Cl)c(Cl)c1.Cl. The van der Waals surface area contributed by atoms with Gasteiger partial charge in [0.15, 0.2) is 0 Å². The fraction of sp³-hybridized carbons (Fsp3) is 0.250. The third kappa shape index (κ3) is 5.44. The normalized spacial score (nSPS) is 11.9. The van der Waals surface area contributed by atoms with Crippen LogP contribution in [0.4, 0.5) is 0 Å². The second-order valence-corrected chi connectivity index (χ2v) is 4.51. The predicted octanol–water partition coefficient (Wildman–Crippen LogP) is 4.40. The van der Waals surface area contributed by atoms with Crippen molar-refractivity contribution in [3.8, 4) is 0 Å². The van der Waals surface area contributed by atoms with E-state index in [0.29, 0.717) is 15.9 Å². The highest BCUT2D eigenvalue weighted by Gasteiger charge is 1.97.